The van der Waals surface area contributed by atoms with Crippen LogP contribution in [0.3, 0.4) is 0 Å². The smallest absolute Gasteiger partial charge is 0.371 e. The van der Waals surface area contributed by atoms with Crippen LogP contribution in [0, 0.1) is 0 Å². The molecule has 0 aliphatic rings. The normalized spacial score (nSPS) is 11.9. The Kier molecular flexibility index (Phi) is 6.90. The van der Waals surface area contributed by atoms with E-state index in [0.29, 0.717) is 11.5 Å². The summed E-state index contributed by atoms with van der Waals surface area (Å²) in [5, 5.41) is 0. The third-order valence-electron chi connectivity index (χ3n) is 6.47. The minimum Gasteiger partial charge on any atom is -0.371 e. The zero-order valence-corrected chi connectivity index (χ0v) is 20.8. The fourth-order valence-corrected chi connectivity index (χ4v) is 4.64. The average molecular weight is 471 g/mol. The molecule has 0 amide bonds. The maximum Gasteiger partial charge on any atom is 0.417 e. The van der Waals surface area contributed by atoms with Crippen molar-refractivity contribution in [3.63, 3.8) is 0 Å². The second-order valence-electron chi connectivity index (χ2n) is 9.40. The van der Waals surface area contributed by atoms with Crippen molar-refractivity contribution in [2.75, 3.05) is 0 Å². The van der Waals surface area contributed by atoms with Gasteiger partial charge in [-0.1, -0.05) is 113 Å². The molecule has 0 heterocycles. The first-order valence-electron chi connectivity index (χ1n) is 11.4. The lowest BCUT2D eigenvalue weighted by molar-refractivity contribution is 0.461. The van der Waals surface area contributed by atoms with E-state index >= 15 is 0 Å². The molecule has 4 heteroatoms. The molecular weight excluding hydrogens is 440 g/mol. The van der Waals surface area contributed by atoms with Crippen LogP contribution >= 0.6 is 0 Å². The van der Waals surface area contributed by atoms with Crippen LogP contribution in [0.5, 0.6) is 11.5 Å². The van der Waals surface area contributed by atoms with Crippen molar-refractivity contribution in [1.82, 2.24) is 0 Å². The lowest BCUT2D eigenvalue weighted by Crippen LogP contribution is -2.18. The molecule has 4 rings (SSSR count). The maximum atomic E-state index is 12.5. The number of hydrogen-bond acceptors (Lipinski definition) is 3. The summed E-state index contributed by atoms with van der Waals surface area (Å²) in [6.07, 6.45) is 0. The molecular formula is C30H30O3S. The van der Waals surface area contributed by atoms with Gasteiger partial charge in [0.15, 0.2) is 0 Å². The van der Waals surface area contributed by atoms with E-state index in [1.165, 1.54) is 11.1 Å². The lowest BCUT2D eigenvalue weighted by atomic mass is 9.78. The Labute approximate surface area is 205 Å². The van der Waals surface area contributed by atoms with Gasteiger partial charge in [0, 0.05) is 10.8 Å². The summed E-state index contributed by atoms with van der Waals surface area (Å²) in [6.45, 7) is 8.73. The molecule has 0 spiro atoms. The third-order valence-corrected chi connectivity index (χ3v) is 7.13. The van der Waals surface area contributed by atoms with Gasteiger partial charge in [-0.15, -0.1) is 0 Å². The minimum absolute atomic E-state index is 0.148. The van der Waals surface area contributed by atoms with Gasteiger partial charge in [-0.2, -0.15) is 4.21 Å². The summed E-state index contributed by atoms with van der Waals surface area (Å²) in [7, 11) is 0. The molecule has 0 unspecified atom stereocenters. The van der Waals surface area contributed by atoms with Gasteiger partial charge in [0.25, 0.3) is 0 Å². The monoisotopic (exact) mass is 470 g/mol. The zero-order chi connectivity index (χ0) is 24.2. The fourth-order valence-electron chi connectivity index (χ4n) is 4.07. The first-order valence-corrected chi connectivity index (χ1v) is 12.4. The molecule has 0 atom stereocenters. The van der Waals surface area contributed by atoms with Crippen molar-refractivity contribution in [3.8, 4) is 11.5 Å². The van der Waals surface area contributed by atoms with Crippen molar-refractivity contribution in [1.29, 1.82) is 0 Å². The molecule has 0 aromatic heterocycles. The average Bonchev–Trinajstić information content (AvgIpc) is 2.86. The maximum absolute atomic E-state index is 12.5. The van der Waals surface area contributed by atoms with E-state index in [0.717, 1.165) is 11.1 Å². The van der Waals surface area contributed by atoms with E-state index in [9.17, 15) is 4.21 Å². The molecule has 4 aromatic rings. The van der Waals surface area contributed by atoms with Crippen LogP contribution in [0.25, 0.3) is 0 Å². The highest BCUT2D eigenvalue weighted by Gasteiger charge is 2.24. The van der Waals surface area contributed by atoms with Crippen LogP contribution in [0.4, 0.5) is 0 Å². The lowest BCUT2D eigenvalue weighted by Gasteiger charge is -2.26. The van der Waals surface area contributed by atoms with E-state index in [4.69, 9.17) is 8.37 Å². The summed E-state index contributed by atoms with van der Waals surface area (Å²) < 4.78 is 23.5. The number of benzene rings is 4. The minimum atomic E-state index is -1.95. The van der Waals surface area contributed by atoms with E-state index in [2.05, 4.69) is 52.0 Å². The number of hydrogen-bond donors (Lipinski definition) is 0. The zero-order valence-electron chi connectivity index (χ0n) is 20.0. The molecule has 0 bridgehead atoms. The van der Waals surface area contributed by atoms with Gasteiger partial charge in [0.2, 0.25) is 0 Å². The van der Waals surface area contributed by atoms with Crippen LogP contribution in [-0.2, 0) is 22.2 Å². The molecule has 0 aliphatic heterocycles. The molecule has 3 nitrogen and oxygen atoms in total. The van der Waals surface area contributed by atoms with Gasteiger partial charge in [-0.25, -0.2) is 0 Å². The molecule has 0 saturated carbocycles. The Morgan fingerprint density at radius 2 is 0.765 bits per heavy atom. The first kappa shape index (κ1) is 23.8. The van der Waals surface area contributed by atoms with Crippen molar-refractivity contribution in [2.45, 2.75) is 38.5 Å². The second kappa shape index (κ2) is 9.86. The Hall–Kier alpha value is -3.37. The molecule has 0 saturated heterocycles. The second-order valence-corrected chi connectivity index (χ2v) is 10.1. The Morgan fingerprint density at radius 1 is 0.471 bits per heavy atom. The highest BCUT2D eigenvalue weighted by atomic mass is 32.2. The van der Waals surface area contributed by atoms with Gasteiger partial charge in [0.05, 0.1) is 0 Å². The van der Waals surface area contributed by atoms with Gasteiger partial charge in [-0.05, 0) is 46.5 Å². The highest BCUT2D eigenvalue weighted by molar-refractivity contribution is 7.75. The largest absolute Gasteiger partial charge is 0.417 e. The summed E-state index contributed by atoms with van der Waals surface area (Å²) in [5.74, 6) is 0.987. The van der Waals surface area contributed by atoms with E-state index in [-0.39, 0.29) is 10.8 Å². The van der Waals surface area contributed by atoms with Gasteiger partial charge >= 0.3 is 11.4 Å². The third kappa shape index (κ3) is 5.23. The molecule has 174 valence electrons. The molecule has 34 heavy (non-hydrogen) atoms. The van der Waals surface area contributed by atoms with E-state index in [1.807, 2.05) is 84.9 Å². The molecule has 0 radical (unpaired) electrons. The van der Waals surface area contributed by atoms with Gasteiger partial charge < -0.3 is 8.37 Å². The molecule has 0 aliphatic carbocycles. The summed E-state index contributed by atoms with van der Waals surface area (Å²) in [4.78, 5) is 0. The van der Waals surface area contributed by atoms with Crippen molar-refractivity contribution in [3.05, 3.63) is 131 Å². The quantitative estimate of drug-likeness (QED) is 0.270. The number of rotatable bonds is 8. The SMILES string of the molecule is CC(C)(c1ccccc1)c1ccc(OS(=O)Oc2ccc(C(C)(C)c3ccccc3)cc2)cc1. The first-order chi connectivity index (χ1) is 16.3. The fraction of sp³-hybridized carbons (Fsp3) is 0.200. The Bertz CT molecular complexity index is 1130. The van der Waals surface area contributed by atoms with Crippen LogP contribution in [-0.4, -0.2) is 4.21 Å². The Balaban J connectivity index is 1.39. The molecule has 0 N–H and O–H groups in total. The van der Waals surface area contributed by atoms with Crippen LogP contribution in [0.15, 0.2) is 109 Å². The van der Waals surface area contributed by atoms with Crippen molar-refractivity contribution >= 4 is 11.4 Å². The van der Waals surface area contributed by atoms with Crippen LogP contribution < -0.4 is 8.37 Å². The van der Waals surface area contributed by atoms with Crippen LogP contribution in [0.1, 0.15) is 49.9 Å². The topological polar surface area (TPSA) is 35.5 Å². The summed E-state index contributed by atoms with van der Waals surface area (Å²) in [5.41, 5.74) is 4.46. The standard InChI is InChI=1S/C30H30O3S/c1-29(2,23-11-7-5-8-12-23)25-15-19-27(20-16-25)32-34(31)33-28-21-17-26(18-22-28)30(3,4)24-13-9-6-10-14-24/h5-22H,1-4H3. The van der Waals surface area contributed by atoms with Gasteiger partial charge in [0.1, 0.15) is 11.5 Å². The Morgan fingerprint density at radius 3 is 1.09 bits per heavy atom. The van der Waals surface area contributed by atoms with Crippen molar-refractivity contribution in [2.24, 2.45) is 0 Å². The molecule has 0 fully saturated rings. The summed E-state index contributed by atoms with van der Waals surface area (Å²) >= 11 is -1.95. The predicted octanol–water partition coefficient (Wildman–Crippen LogP) is 7.37. The van der Waals surface area contributed by atoms with Gasteiger partial charge in [-0.3, -0.25) is 0 Å². The molecule has 4 aromatic carbocycles. The summed E-state index contributed by atoms with van der Waals surface area (Å²) in [6, 6.07) is 36.0. The van der Waals surface area contributed by atoms with E-state index < -0.39 is 11.4 Å². The van der Waals surface area contributed by atoms with Crippen LogP contribution in [0.2, 0.25) is 0 Å². The van der Waals surface area contributed by atoms with Crippen molar-refractivity contribution < 1.29 is 12.6 Å². The predicted molar refractivity (Wildman–Crippen MR) is 139 cm³/mol. The highest BCUT2D eigenvalue weighted by Crippen LogP contribution is 2.33. The van der Waals surface area contributed by atoms with E-state index in [1.54, 1.807) is 0 Å².